The molecule has 1 atom stereocenters. The first-order valence-corrected chi connectivity index (χ1v) is 11.8. The summed E-state index contributed by atoms with van der Waals surface area (Å²) in [4.78, 5) is 42.9. The molecule has 0 aliphatic heterocycles. The molecule has 0 aliphatic rings. The van der Waals surface area contributed by atoms with Crippen molar-refractivity contribution < 1.29 is 23.5 Å². The summed E-state index contributed by atoms with van der Waals surface area (Å²) in [6.07, 6.45) is -1.33. The van der Waals surface area contributed by atoms with E-state index in [1.54, 1.807) is 57.2 Å². The van der Waals surface area contributed by atoms with Crippen LogP contribution in [0.25, 0.3) is 22.3 Å². The highest BCUT2D eigenvalue weighted by atomic mass is 32.1. The quantitative estimate of drug-likeness (QED) is 0.354. The molecule has 2 aromatic carbocycles. The fourth-order valence-corrected chi connectivity index (χ4v) is 4.21. The maximum atomic E-state index is 13.3. The summed E-state index contributed by atoms with van der Waals surface area (Å²) in [7, 11) is 0. The number of anilines is 1. The van der Waals surface area contributed by atoms with Crippen molar-refractivity contribution in [2.75, 3.05) is 5.32 Å². The number of fused-ring (bicyclic) bond motifs is 1. The highest BCUT2D eigenvalue weighted by molar-refractivity contribution is 7.17. The summed E-state index contributed by atoms with van der Waals surface area (Å²) >= 11 is 1.01. The Morgan fingerprint density at radius 2 is 1.71 bits per heavy atom. The van der Waals surface area contributed by atoms with E-state index in [4.69, 9.17) is 13.9 Å². The molecule has 4 rings (SSSR count). The van der Waals surface area contributed by atoms with Crippen LogP contribution >= 0.6 is 11.3 Å². The van der Waals surface area contributed by atoms with Gasteiger partial charge in [-0.05, 0) is 39.8 Å². The SMILES string of the molecule is Cc1nc(NC(=O)C(C)Oc2c(-c3ccccc3)oc3ccccc3c2=O)sc1C(=O)OC(C)C. The van der Waals surface area contributed by atoms with Gasteiger partial charge in [-0.1, -0.05) is 53.8 Å². The van der Waals surface area contributed by atoms with Crippen LogP contribution in [0.15, 0.2) is 63.8 Å². The van der Waals surface area contributed by atoms with Gasteiger partial charge < -0.3 is 13.9 Å². The van der Waals surface area contributed by atoms with Crippen LogP contribution in [-0.4, -0.2) is 29.1 Å². The Morgan fingerprint density at radius 1 is 1.03 bits per heavy atom. The second kappa shape index (κ2) is 10.1. The molecule has 0 radical (unpaired) electrons. The van der Waals surface area contributed by atoms with Crippen LogP contribution in [0.3, 0.4) is 0 Å². The summed E-state index contributed by atoms with van der Waals surface area (Å²) in [5.41, 5.74) is 1.13. The van der Waals surface area contributed by atoms with E-state index in [9.17, 15) is 14.4 Å². The Labute approximate surface area is 205 Å². The highest BCUT2D eigenvalue weighted by Gasteiger charge is 2.25. The zero-order chi connectivity index (χ0) is 25.1. The molecular weight excluding hydrogens is 468 g/mol. The summed E-state index contributed by atoms with van der Waals surface area (Å²) in [6, 6.07) is 15.9. The average Bonchev–Trinajstić information content (AvgIpc) is 3.20. The lowest BCUT2D eigenvalue weighted by Gasteiger charge is -2.16. The number of aromatic nitrogens is 1. The van der Waals surface area contributed by atoms with Crippen LogP contribution in [0.1, 0.15) is 36.1 Å². The number of carbonyl (C=O) groups is 2. The summed E-state index contributed by atoms with van der Waals surface area (Å²) in [6.45, 7) is 6.69. The molecular formula is C26H24N2O6S. The normalized spacial score (nSPS) is 11.9. The molecule has 35 heavy (non-hydrogen) atoms. The molecule has 0 fully saturated rings. The molecule has 1 N–H and O–H groups in total. The lowest BCUT2D eigenvalue weighted by molar-refractivity contribution is -0.122. The topological polar surface area (TPSA) is 108 Å². The number of amides is 1. The van der Waals surface area contributed by atoms with Gasteiger partial charge in [0, 0.05) is 5.56 Å². The minimum atomic E-state index is -1.06. The Balaban J connectivity index is 1.61. The molecule has 1 amide bonds. The van der Waals surface area contributed by atoms with E-state index >= 15 is 0 Å². The monoisotopic (exact) mass is 492 g/mol. The van der Waals surface area contributed by atoms with Gasteiger partial charge >= 0.3 is 5.97 Å². The third kappa shape index (κ3) is 5.25. The zero-order valence-electron chi connectivity index (χ0n) is 19.7. The number of para-hydroxylation sites is 1. The van der Waals surface area contributed by atoms with Crippen molar-refractivity contribution >= 4 is 39.3 Å². The number of hydrogen-bond acceptors (Lipinski definition) is 8. The predicted molar refractivity (Wildman–Crippen MR) is 134 cm³/mol. The van der Waals surface area contributed by atoms with Gasteiger partial charge in [0.2, 0.25) is 11.2 Å². The number of nitrogens with zero attached hydrogens (tertiary/aromatic N) is 1. The molecule has 2 heterocycles. The molecule has 9 heteroatoms. The van der Waals surface area contributed by atoms with E-state index in [1.807, 2.05) is 18.2 Å². The number of benzene rings is 2. The largest absolute Gasteiger partial charge is 0.473 e. The van der Waals surface area contributed by atoms with Gasteiger partial charge in [0.25, 0.3) is 5.91 Å². The van der Waals surface area contributed by atoms with Crippen molar-refractivity contribution in [1.82, 2.24) is 4.98 Å². The number of ether oxygens (including phenoxy) is 2. The number of hydrogen-bond donors (Lipinski definition) is 1. The molecule has 0 saturated carbocycles. The molecule has 0 aliphatic carbocycles. The van der Waals surface area contributed by atoms with Crippen LogP contribution in [-0.2, 0) is 9.53 Å². The van der Waals surface area contributed by atoms with E-state index in [0.717, 1.165) is 11.3 Å². The number of carbonyl (C=O) groups excluding carboxylic acids is 2. The van der Waals surface area contributed by atoms with E-state index in [-0.39, 0.29) is 28.2 Å². The van der Waals surface area contributed by atoms with E-state index in [2.05, 4.69) is 10.3 Å². The van der Waals surface area contributed by atoms with Crippen molar-refractivity contribution in [3.8, 4) is 17.1 Å². The Hall–Kier alpha value is -3.98. The van der Waals surface area contributed by atoms with Gasteiger partial charge in [-0.3, -0.25) is 14.9 Å². The molecule has 0 saturated heterocycles. The first-order valence-electron chi connectivity index (χ1n) is 11.0. The fourth-order valence-electron chi connectivity index (χ4n) is 3.36. The maximum absolute atomic E-state index is 13.3. The third-order valence-electron chi connectivity index (χ3n) is 5.01. The van der Waals surface area contributed by atoms with Crippen LogP contribution in [0.2, 0.25) is 0 Å². The molecule has 4 aromatic rings. The average molecular weight is 493 g/mol. The number of aryl methyl sites for hydroxylation is 1. The first-order chi connectivity index (χ1) is 16.7. The molecule has 0 bridgehead atoms. The fraction of sp³-hybridized carbons (Fsp3) is 0.231. The zero-order valence-corrected chi connectivity index (χ0v) is 20.5. The van der Waals surface area contributed by atoms with Crippen LogP contribution < -0.4 is 15.5 Å². The lowest BCUT2D eigenvalue weighted by atomic mass is 10.1. The van der Waals surface area contributed by atoms with Crippen molar-refractivity contribution in [1.29, 1.82) is 0 Å². The summed E-state index contributed by atoms with van der Waals surface area (Å²) in [5.74, 6) is -0.859. The molecule has 8 nitrogen and oxygen atoms in total. The van der Waals surface area contributed by atoms with Gasteiger partial charge in [0.05, 0.1) is 17.2 Å². The second-order valence-corrected chi connectivity index (χ2v) is 9.09. The van der Waals surface area contributed by atoms with Gasteiger partial charge in [0.1, 0.15) is 10.5 Å². The molecule has 2 aromatic heterocycles. The number of nitrogens with one attached hydrogen (secondary N) is 1. The van der Waals surface area contributed by atoms with Crippen LogP contribution in [0, 0.1) is 6.92 Å². The van der Waals surface area contributed by atoms with Gasteiger partial charge in [-0.15, -0.1) is 0 Å². The molecule has 1 unspecified atom stereocenters. The minimum Gasteiger partial charge on any atom is -0.473 e. The van der Waals surface area contributed by atoms with E-state index < -0.39 is 18.0 Å². The van der Waals surface area contributed by atoms with E-state index in [1.165, 1.54) is 6.92 Å². The maximum Gasteiger partial charge on any atom is 0.350 e. The molecule has 180 valence electrons. The molecule has 0 spiro atoms. The Kier molecular flexibility index (Phi) is 6.97. The van der Waals surface area contributed by atoms with Crippen molar-refractivity contribution in [2.45, 2.75) is 39.9 Å². The van der Waals surface area contributed by atoms with Gasteiger partial charge in [-0.25, -0.2) is 9.78 Å². The van der Waals surface area contributed by atoms with Crippen LogP contribution in [0.4, 0.5) is 5.13 Å². The first kappa shape index (κ1) is 24.2. The standard InChI is InChI=1S/C26H24N2O6S/c1-14(2)32-25(31)23-15(3)27-26(35-23)28-24(30)16(4)33-22-20(29)18-12-8-9-13-19(18)34-21(22)17-10-6-5-7-11-17/h5-14,16H,1-4H3,(H,27,28,30). The predicted octanol–water partition coefficient (Wildman–Crippen LogP) is 5.20. The Morgan fingerprint density at radius 3 is 2.43 bits per heavy atom. The number of esters is 1. The van der Waals surface area contributed by atoms with Crippen molar-refractivity contribution in [2.24, 2.45) is 0 Å². The number of rotatable bonds is 7. The van der Waals surface area contributed by atoms with Crippen molar-refractivity contribution in [3.63, 3.8) is 0 Å². The summed E-state index contributed by atoms with van der Waals surface area (Å²) in [5, 5.41) is 3.23. The van der Waals surface area contributed by atoms with Gasteiger partial charge in [-0.2, -0.15) is 0 Å². The van der Waals surface area contributed by atoms with Gasteiger partial charge in [0.15, 0.2) is 17.0 Å². The number of thiazole rings is 1. The minimum absolute atomic E-state index is 0.0610. The second-order valence-electron chi connectivity index (χ2n) is 8.09. The smallest absolute Gasteiger partial charge is 0.350 e. The van der Waals surface area contributed by atoms with E-state index in [0.29, 0.717) is 27.1 Å². The third-order valence-corrected chi connectivity index (χ3v) is 6.06. The van der Waals surface area contributed by atoms with Crippen molar-refractivity contribution in [3.05, 3.63) is 75.4 Å². The highest BCUT2D eigenvalue weighted by Crippen LogP contribution is 2.31. The van der Waals surface area contributed by atoms with Crippen LogP contribution in [0.5, 0.6) is 5.75 Å². The summed E-state index contributed by atoms with van der Waals surface area (Å²) < 4.78 is 17.1. The lowest BCUT2D eigenvalue weighted by Crippen LogP contribution is -2.31. The Bertz CT molecular complexity index is 1440.